The number of halogens is 3. The highest BCUT2D eigenvalue weighted by molar-refractivity contribution is 5.95. The third-order valence-electron chi connectivity index (χ3n) is 17.9. The Balaban J connectivity index is 1.19. The van der Waals surface area contributed by atoms with Crippen LogP contribution in [0.5, 0.6) is 0 Å². The van der Waals surface area contributed by atoms with E-state index >= 15 is 9.59 Å². The van der Waals surface area contributed by atoms with Gasteiger partial charge in [0.05, 0.1) is 53.7 Å². The molecule has 1 aromatic heterocycles. The first kappa shape index (κ1) is 66.0. The summed E-state index contributed by atoms with van der Waals surface area (Å²) in [5.74, 6) is -6.96. The van der Waals surface area contributed by atoms with Crippen molar-refractivity contribution < 1.29 is 79.8 Å². The molecule has 20 nitrogen and oxygen atoms in total. The number of unbranched alkanes of at least 4 members (excludes halogenated alkanes) is 1. The van der Waals surface area contributed by atoms with Gasteiger partial charge < -0.3 is 57.7 Å². The molecule has 2 amide bonds. The summed E-state index contributed by atoms with van der Waals surface area (Å²) in [4.78, 5) is 73.8. The molecule has 1 N–H and O–H groups in total. The van der Waals surface area contributed by atoms with E-state index in [1.807, 2.05) is 61.0 Å². The number of nitrogens with zero attached hydrogens (tertiary/aromatic N) is 5. The number of esters is 2. The minimum atomic E-state index is -5.06. The van der Waals surface area contributed by atoms with Crippen LogP contribution in [0.3, 0.4) is 0 Å². The van der Waals surface area contributed by atoms with Crippen LogP contribution in [0.25, 0.3) is 11.3 Å². The Morgan fingerprint density at radius 1 is 0.833 bits per heavy atom. The molecule has 4 aliphatic rings. The number of anilines is 1. The Bertz CT molecular complexity index is 2760. The van der Waals surface area contributed by atoms with Crippen molar-refractivity contribution >= 4 is 35.4 Å². The largest absolute Gasteiger partial charge is 0.471 e. The van der Waals surface area contributed by atoms with E-state index in [1.165, 1.54) is 25.3 Å². The molecule has 466 valence electrons. The second kappa shape index (κ2) is 27.0. The molecule has 5 heterocycles. The Morgan fingerprint density at radius 2 is 1.50 bits per heavy atom. The van der Waals surface area contributed by atoms with Crippen molar-refractivity contribution in [3.05, 3.63) is 66.4 Å². The van der Waals surface area contributed by atoms with Gasteiger partial charge in [-0.05, 0) is 112 Å². The molecule has 0 bridgehead atoms. The first-order chi connectivity index (χ1) is 39.5. The molecular formula is C61H87F3N6O14. The highest BCUT2D eigenvalue weighted by atomic mass is 19.4. The van der Waals surface area contributed by atoms with Gasteiger partial charge in [-0.15, -0.1) is 5.10 Å². The van der Waals surface area contributed by atoms with Crippen molar-refractivity contribution in [2.45, 2.75) is 205 Å². The van der Waals surface area contributed by atoms with Gasteiger partial charge in [0.15, 0.2) is 24.3 Å². The fraction of sp³-hybridized carbons (Fsp3) is 0.689. The smallest absolute Gasteiger partial charge is 0.458 e. The number of cyclic esters (lactones) is 1. The SMILES string of the molecule is CC[C@H]1OC(=O)[C@H](C)[C@@H](O[C@H]2C[C@@](C)(OC)[C@@H](OC(=O)c3ccccc3)[C@H](C)O2)[C@H](C)[C@@H](O[C@@H]2O[C@H](C)C[C@H](N(C)C)[C@H]2C)[C@@](C)(OC)C[C@@H](C)C(=O)[C@H](C)[C@@H]2N(CCCCn3cc(-c4cccc(NC(=O)C(F)(F)F)c4)nn3)C(=O)O[C@@]21C. The van der Waals surface area contributed by atoms with Crippen LogP contribution >= 0.6 is 0 Å². The zero-order valence-corrected chi connectivity index (χ0v) is 51.2. The second-order valence-electron chi connectivity index (χ2n) is 24.4. The quantitative estimate of drug-likeness (QED) is 0.0756. The van der Waals surface area contributed by atoms with Gasteiger partial charge in [0.2, 0.25) is 0 Å². The lowest BCUT2D eigenvalue weighted by Gasteiger charge is -2.50. The number of alkyl halides is 3. The van der Waals surface area contributed by atoms with Crippen molar-refractivity contribution in [3.63, 3.8) is 0 Å². The van der Waals surface area contributed by atoms with Crippen molar-refractivity contribution in [1.82, 2.24) is 24.8 Å². The predicted molar refractivity (Wildman–Crippen MR) is 302 cm³/mol. The summed E-state index contributed by atoms with van der Waals surface area (Å²) < 4.78 is 99.9. The van der Waals surface area contributed by atoms with Crippen LogP contribution in [0.1, 0.15) is 125 Å². The number of carbonyl (C=O) groups excluding carboxylic acids is 5. The van der Waals surface area contributed by atoms with Gasteiger partial charge in [-0.3, -0.25) is 19.1 Å². The van der Waals surface area contributed by atoms with Crippen LogP contribution in [0, 0.1) is 29.6 Å². The Kier molecular flexibility index (Phi) is 21.2. The normalized spacial score (nSPS) is 35.4. The standard InChI is InChI=1S/C61H87F3N6O14/c1-16-46-60(11)50(70(57(75)84-60)28-21-20-27-69-33-44(66-67-69)42-25-22-26-43(30-42)65-56(74)61(62,63)64)37(5)48(71)34(2)31-58(9,76-14)51(83-55-36(4)45(68(12)13)29-35(3)78-55)38(6)49(39(7)53(72)80-46)81-47-32-59(10,77-15)52(40(8)79-47)82-54(73)41-23-18-17-19-24-41/h17-19,22-26,30,33-40,45-47,49-52,55H,16,20-21,27-29,31-32H2,1-15H3,(H,65,74)/t34-,35-,36-,37+,38+,39-,40+,45+,46-,47+,49+,50+,51-,52+,55+,58+,59-,60-/m1/s1. The molecule has 0 unspecified atom stereocenters. The summed E-state index contributed by atoms with van der Waals surface area (Å²) in [6.45, 7) is 20.8. The monoisotopic (exact) mass is 1180 g/mol. The zero-order chi connectivity index (χ0) is 61.8. The number of fused-ring (bicyclic) bond motifs is 1. The molecule has 0 spiro atoms. The Hall–Kier alpha value is -5.56. The maximum atomic E-state index is 15.3. The van der Waals surface area contributed by atoms with Crippen molar-refractivity contribution in [2.24, 2.45) is 29.6 Å². The van der Waals surface area contributed by atoms with Gasteiger partial charge >= 0.3 is 30.1 Å². The first-order valence-electron chi connectivity index (χ1n) is 29.3. The summed E-state index contributed by atoms with van der Waals surface area (Å²) >= 11 is 0. The third kappa shape index (κ3) is 14.5. The van der Waals surface area contributed by atoms with Gasteiger partial charge in [0, 0.05) is 74.7 Å². The van der Waals surface area contributed by atoms with E-state index in [9.17, 15) is 27.6 Å². The Labute approximate surface area is 491 Å². The lowest BCUT2D eigenvalue weighted by molar-refractivity contribution is -0.313. The number of hydrogen-bond acceptors (Lipinski definition) is 17. The zero-order valence-electron chi connectivity index (χ0n) is 51.2. The molecule has 0 aliphatic carbocycles. The second-order valence-corrected chi connectivity index (χ2v) is 24.4. The number of hydrogen-bond donors (Lipinski definition) is 1. The number of methoxy groups -OCH3 is 2. The molecule has 4 saturated heterocycles. The van der Waals surface area contributed by atoms with E-state index in [4.69, 9.17) is 42.6 Å². The molecule has 2 aromatic carbocycles. The number of Topliss-reactive ketones (excluding diaryl/α,β-unsaturated/α-hetero) is 1. The molecule has 84 heavy (non-hydrogen) atoms. The summed E-state index contributed by atoms with van der Waals surface area (Å²) in [6.07, 6.45) is -8.69. The van der Waals surface area contributed by atoms with E-state index in [-0.39, 0.29) is 55.3 Å². The molecule has 0 saturated carbocycles. The molecular weight excluding hydrogens is 1100 g/mol. The number of benzene rings is 2. The van der Waals surface area contributed by atoms with Crippen LogP contribution in [0.15, 0.2) is 60.8 Å². The summed E-state index contributed by atoms with van der Waals surface area (Å²) in [7, 11) is 7.15. The van der Waals surface area contributed by atoms with Gasteiger partial charge in [0.1, 0.15) is 23.2 Å². The molecule has 4 fully saturated rings. The summed E-state index contributed by atoms with van der Waals surface area (Å²) in [6, 6.07) is 13.6. The molecule has 4 aliphatic heterocycles. The molecule has 18 atom stereocenters. The predicted octanol–water partition coefficient (Wildman–Crippen LogP) is 9.29. The van der Waals surface area contributed by atoms with Crippen molar-refractivity contribution in [3.8, 4) is 11.3 Å². The Morgan fingerprint density at radius 3 is 2.14 bits per heavy atom. The molecule has 3 aromatic rings. The van der Waals surface area contributed by atoms with E-state index < -0.39 is 120 Å². The van der Waals surface area contributed by atoms with Crippen LogP contribution < -0.4 is 5.32 Å². The van der Waals surface area contributed by atoms with Crippen LogP contribution in [-0.4, -0.2) is 174 Å². The van der Waals surface area contributed by atoms with Gasteiger partial charge in [-0.2, -0.15) is 13.2 Å². The lowest BCUT2D eigenvalue weighted by Crippen LogP contribution is -2.61. The number of rotatable bonds is 17. The number of aromatic nitrogens is 3. The number of aryl methyl sites for hydroxylation is 1. The average Bonchev–Trinajstić information content (AvgIpc) is 1.86. The van der Waals surface area contributed by atoms with E-state index in [2.05, 4.69) is 22.1 Å². The third-order valence-corrected chi connectivity index (χ3v) is 17.9. The fourth-order valence-corrected chi connectivity index (χ4v) is 13.2. The lowest BCUT2D eigenvalue weighted by atomic mass is 9.73. The topological polar surface area (TPSA) is 218 Å². The van der Waals surface area contributed by atoms with E-state index in [0.29, 0.717) is 36.2 Å². The number of ketones is 1. The highest BCUT2D eigenvalue weighted by Gasteiger charge is 2.61. The van der Waals surface area contributed by atoms with Crippen molar-refractivity contribution in [1.29, 1.82) is 0 Å². The van der Waals surface area contributed by atoms with Crippen LogP contribution in [0.4, 0.5) is 23.7 Å². The van der Waals surface area contributed by atoms with Gasteiger partial charge in [0.25, 0.3) is 0 Å². The summed E-state index contributed by atoms with van der Waals surface area (Å²) in [5.41, 5.74) is -2.85. The van der Waals surface area contributed by atoms with Crippen LogP contribution in [-0.2, 0) is 63.6 Å². The summed E-state index contributed by atoms with van der Waals surface area (Å²) in [5, 5.41) is 10.3. The van der Waals surface area contributed by atoms with Crippen LogP contribution in [0.2, 0.25) is 0 Å². The van der Waals surface area contributed by atoms with E-state index in [1.54, 1.807) is 87.0 Å². The fourth-order valence-electron chi connectivity index (χ4n) is 13.2. The van der Waals surface area contributed by atoms with E-state index in [0.717, 1.165) is 6.42 Å². The maximum Gasteiger partial charge on any atom is 0.471 e. The molecule has 23 heteroatoms. The number of ether oxygens (including phenoxy) is 9. The number of nitrogens with one attached hydrogen (secondary N) is 1. The maximum absolute atomic E-state index is 15.3. The number of carbonyl (C=O) groups is 5. The number of amides is 2. The van der Waals surface area contributed by atoms with Gasteiger partial charge in [-0.1, -0.05) is 70.2 Å². The minimum absolute atomic E-state index is 0.0642. The van der Waals surface area contributed by atoms with Gasteiger partial charge in [-0.25, -0.2) is 9.59 Å². The molecule has 7 rings (SSSR count). The average molecular weight is 1190 g/mol. The van der Waals surface area contributed by atoms with Crippen molar-refractivity contribution in [2.75, 3.05) is 40.2 Å². The minimum Gasteiger partial charge on any atom is -0.458 e. The molecule has 0 radical (unpaired) electrons. The first-order valence-corrected chi connectivity index (χ1v) is 29.3. The highest BCUT2D eigenvalue weighted by Crippen LogP contribution is 2.46.